The molecule has 0 radical (unpaired) electrons. The first-order valence-electron chi connectivity index (χ1n) is 7.55. The standard InChI is InChI=1S/C15H26N4/c1-11(2)13-14(16)17-10-18-15(13)19-12-8-6-4-3-5-7-9-12/h10-12H,3-9H2,1-2H3,(H3,16,17,18,19). The Morgan fingerprint density at radius 1 is 1.11 bits per heavy atom. The van der Waals surface area contributed by atoms with Crippen LogP contribution in [0.2, 0.25) is 0 Å². The number of aromatic nitrogens is 2. The number of nitrogens with one attached hydrogen (secondary N) is 1. The summed E-state index contributed by atoms with van der Waals surface area (Å²) in [6, 6.07) is 0.534. The Kier molecular flexibility index (Phi) is 5.00. The third-order valence-corrected chi connectivity index (χ3v) is 3.94. The molecule has 0 atom stereocenters. The summed E-state index contributed by atoms with van der Waals surface area (Å²) >= 11 is 0. The largest absolute Gasteiger partial charge is 0.383 e. The number of anilines is 2. The van der Waals surface area contributed by atoms with Crippen LogP contribution in [0.5, 0.6) is 0 Å². The van der Waals surface area contributed by atoms with Crippen LogP contribution in [-0.2, 0) is 0 Å². The third kappa shape index (κ3) is 3.82. The van der Waals surface area contributed by atoms with Crippen molar-refractivity contribution in [1.29, 1.82) is 0 Å². The summed E-state index contributed by atoms with van der Waals surface area (Å²) in [5.41, 5.74) is 7.05. The van der Waals surface area contributed by atoms with E-state index >= 15 is 0 Å². The number of nitrogens with zero attached hydrogens (tertiary/aromatic N) is 2. The second kappa shape index (κ2) is 6.73. The molecule has 1 saturated carbocycles. The van der Waals surface area contributed by atoms with Crippen LogP contribution in [0.1, 0.15) is 70.3 Å². The number of rotatable bonds is 3. The normalized spacial score (nSPS) is 18.1. The van der Waals surface area contributed by atoms with Crippen LogP contribution < -0.4 is 11.1 Å². The predicted molar refractivity (Wildman–Crippen MR) is 80.3 cm³/mol. The van der Waals surface area contributed by atoms with Crippen molar-refractivity contribution in [3.8, 4) is 0 Å². The average molecular weight is 262 g/mol. The smallest absolute Gasteiger partial charge is 0.135 e. The first kappa shape index (κ1) is 14.1. The number of hydrogen-bond acceptors (Lipinski definition) is 4. The maximum Gasteiger partial charge on any atom is 0.135 e. The van der Waals surface area contributed by atoms with Crippen LogP contribution in [-0.4, -0.2) is 16.0 Å². The Morgan fingerprint density at radius 3 is 2.37 bits per heavy atom. The van der Waals surface area contributed by atoms with E-state index in [1.54, 1.807) is 6.33 Å². The van der Waals surface area contributed by atoms with Crippen molar-refractivity contribution < 1.29 is 0 Å². The second-order valence-corrected chi connectivity index (χ2v) is 5.86. The van der Waals surface area contributed by atoms with Gasteiger partial charge in [0.2, 0.25) is 0 Å². The maximum absolute atomic E-state index is 5.99. The number of hydrogen-bond donors (Lipinski definition) is 2. The molecule has 2 rings (SSSR count). The van der Waals surface area contributed by atoms with E-state index in [0.717, 1.165) is 11.4 Å². The lowest BCUT2D eigenvalue weighted by Gasteiger charge is -2.24. The zero-order valence-corrected chi connectivity index (χ0v) is 12.2. The molecule has 106 valence electrons. The molecule has 4 nitrogen and oxygen atoms in total. The summed E-state index contributed by atoms with van der Waals surface area (Å²) in [4.78, 5) is 8.52. The molecule has 1 heterocycles. The molecule has 0 spiro atoms. The molecule has 0 amide bonds. The van der Waals surface area contributed by atoms with E-state index in [-0.39, 0.29) is 0 Å². The molecule has 0 aliphatic heterocycles. The molecular weight excluding hydrogens is 236 g/mol. The van der Waals surface area contributed by atoms with Crippen LogP contribution in [0.15, 0.2) is 6.33 Å². The van der Waals surface area contributed by atoms with E-state index in [2.05, 4.69) is 29.1 Å². The van der Waals surface area contributed by atoms with Crippen LogP contribution in [0.4, 0.5) is 11.6 Å². The highest BCUT2D eigenvalue weighted by Crippen LogP contribution is 2.28. The topological polar surface area (TPSA) is 63.8 Å². The zero-order valence-electron chi connectivity index (χ0n) is 12.2. The summed E-state index contributed by atoms with van der Waals surface area (Å²) in [7, 11) is 0. The Balaban J connectivity index is 2.10. The highest BCUT2D eigenvalue weighted by molar-refractivity contribution is 5.57. The lowest BCUT2D eigenvalue weighted by atomic mass is 9.96. The van der Waals surface area contributed by atoms with Crippen molar-refractivity contribution in [3.05, 3.63) is 11.9 Å². The Bertz CT molecular complexity index is 395. The molecule has 0 bridgehead atoms. The minimum Gasteiger partial charge on any atom is -0.383 e. The van der Waals surface area contributed by atoms with Gasteiger partial charge in [-0.3, -0.25) is 0 Å². The van der Waals surface area contributed by atoms with Crippen LogP contribution in [0, 0.1) is 0 Å². The molecule has 0 saturated heterocycles. The van der Waals surface area contributed by atoms with Crippen molar-refractivity contribution in [2.75, 3.05) is 11.1 Å². The Morgan fingerprint density at radius 2 is 1.74 bits per heavy atom. The summed E-state index contributed by atoms with van der Waals surface area (Å²) < 4.78 is 0. The lowest BCUT2D eigenvalue weighted by molar-refractivity contribution is 0.470. The molecule has 1 aromatic heterocycles. The first-order chi connectivity index (χ1) is 9.18. The van der Waals surface area contributed by atoms with Crippen molar-refractivity contribution in [3.63, 3.8) is 0 Å². The van der Waals surface area contributed by atoms with Gasteiger partial charge in [-0.25, -0.2) is 9.97 Å². The van der Waals surface area contributed by atoms with Crippen LogP contribution >= 0.6 is 0 Å². The number of nitrogen functional groups attached to an aromatic ring is 1. The molecule has 0 unspecified atom stereocenters. The van der Waals surface area contributed by atoms with Crippen molar-refractivity contribution in [1.82, 2.24) is 9.97 Å². The molecule has 19 heavy (non-hydrogen) atoms. The fourth-order valence-corrected chi connectivity index (χ4v) is 2.89. The highest BCUT2D eigenvalue weighted by atomic mass is 15.1. The van der Waals surface area contributed by atoms with Crippen molar-refractivity contribution >= 4 is 11.6 Å². The Labute approximate surface area is 116 Å². The summed E-state index contributed by atoms with van der Waals surface area (Å²) in [5, 5.41) is 3.61. The van der Waals surface area contributed by atoms with E-state index in [1.165, 1.54) is 44.9 Å². The molecule has 1 aromatic rings. The second-order valence-electron chi connectivity index (χ2n) is 5.86. The van der Waals surface area contributed by atoms with Crippen molar-refractivity contribution in [2.45, 2.75) is 70.8 Å². The van der Waals surface area contributed by atoms with Gasteiger partial charge in [0.25, 0.3) is 0 Å². The molecule has 4 heteroatoms. The fourth-order valence-electron chi connectivity index (χ4n) is 2.89. The summed E-state index contributed by atoms with van der Waals surface area (Å²) in [6.45, 7) is 4.27. The monoisotopic (exact) mass is 262 g/mol. The van der Waals surface area contributed by atoms with Crippen LogP contribution in [0.3, 0.4) is 0 Å². The predicted octanol–water partition coefficient (Wildman–Crippen LogP) is 3.71. The average Bonchev–Trinajstić information content (AvgIpc) is 2.32. The fraction of sp³-hybridized carbons (Fsp3) is 0.733. The van der Waals surface area contributed by atoms with Crippen molar-refractivity contribution in [2.24, 2.45) is 0 Å². The summed E-state index contributed by atoms with van der Waals surface area (Å²) in [6.07, 6.45) is 10.8. The minimum atomic E-state index is 0.345. The van der Waals surface area contributed by atoms with Gasteiger partial charge in [-0.15, -0.1) is 0 Å². The molecule has 1 aliphatic carbocycles. The van der Waals surface area contributed by atoms with Crippen LogP contribution in [0.25, 0.3) is 0 Å². The minimum absolute atomic E-state index is 0.345. The molecule has 1 fully saturated rings. The SMILES string of the molecule is CC(C)c1c(N)ncnc1NC1CCCCCCC1. The van der Waals surface area contributed by atoms with E-state index < -0.39 is 0 Å². The third-order valence-electron chi connectivity index (χ3n) is 3.94. The van der Waals surface area contributed by atoms with E-state index in [4.69, 9.17) is 5.73 Å². The van der Waals surface area contributed by atoms with Gasteiger partial charge >= 0.3 is 0 Å². The van der Waals surface area contributed by atoms with E-state index in [1.807, 2.05) is 0 Å². The first-order valence-corrected chi connectivity index (χ1v) is 7.55. The molecule has 1 aliphatic rings. The van der Waals surface area contributed by atoms with Gasteiger partial charge < -0.3 is 11.1 Å². The lowest BCUT2D eigenvalue weighted by Crippen LogP contribution is -2.23. The van der Waals surface area contributed by atoms with Gasteiger partial charge in [-0.1, -0.05) is 46.0 Å². The van der Waals surface area contributed by atoms with Gasteiger partial charge in [0.05, 0.1) is 0 Å². The maximum atomic E-state index is 5.99. The van der Waals surface area contributed by atoms with Gasteiger partial charge in [0, 0.05) is 11.6 Å². The molecular formula is C15H26N4. The molecule has 0 aromatic carbocycles. The zero-order chi connectivity index (χ0) is 13.7. The number of nitrogens with two attached hydrogens (primary N) is 1. The van der Waals surface area contributed by atoms with Gasteiger partial charge in [0.1, 0.15) is 18.0 Å². The Hall–Kier alpha value is -1.32. The highest BCUT2D eigenvalue weighted by Gasteiger charge is 2.17. The van der Waals surface area contributed by atoms with E-state index in [0.29, 0.717) is 17.8 Å². The van der Waals surface area contributed by atoms with Gasteiger partial charge in [-0.05, 0) is 18.8 Å². The molecule has 3 N–H and O–H groups in total. The quantitative estimate of drug-likeness (QED) is 0.871. The van der Waals surface area contributed by atoms with Gasteiger partial charge in [0.15, 0.2) is 0 Å². The summed E-state index contributed by atoms with van der Waals surface area (Å²) in [5.74, 6) is 1.89. The van der Waals surface area contributed by atoms with E-state index in [9.17, 15) is 0 Å². The van der Waals surface area contributed by atoms with Gasteiger partial charge in [-0.2, -0.15) is 0 Å².